The lowest BCUT2D eigenvalue weighted by atomic mass is 10.00. The molecule has 0 aliphatic rings. The SMILES string of the molecule is CCCCC(CC)CNS(=O)(=O)c1c(N)ncn1C. The molecule has 19 heavy (non-hydrogen) atoms. The number of hydrogen-bond acceptors (Lipinski definition) is 4. The van der Waals surface area contributed by atoms with Crippen LogP contribution in [0.2, 0.25) is 0 Å². The lowest BCUT2D eigenvalue weighted by Gasteiger charge is -2.15. The lowest BCUT2D eigenvalue weighted by molar-refractivity contribution is 0.443. The van der Waals surface area contributed by atoms with E-state index < -0.39 is 10.0 Å². The zero-order valence-corrected chi connectivity index (χ0v) is 12.7. The molecule has 0 fully saturated rings. The van der Waals surface area contributed by atoms with Crippen LogP contribution in [-0.2, 0) is 17.1 Å². The van der Waals surface area contributed by atoms with Crippen molar-refractivity contribution in [2.75, 3.05) is 12.3 Å². The number of nitrogen functional groups attached to an aromatic ring is 1. The first-order valence-electron chi connectivity index (χ1n) is 6.68. The molecule has 0 radical (unpaired) electrons. The Balaban J connectivity index is 2.70. The number of nitrogens with two attached hydrogens (primary N) is 1. The van der Waals surface area contributed by atoms with E-state index in [4.69, 9.17) is 5.73 Å². The van der Waals surface area contributed by atoms with Crippen LogP contribution in [0, 0.1) is 5.92 Å². The number of sulfonamides is 1. The highest BCUT2D eigenvalue weighted by Gasteiger charge is 2.22. The number of nitrogens with zero attached hydrogens (tertiary/aromatic N) is 2. The van der Waals surface area contributed by atoms with Gasteiger partial charge in [0.1, 0.15) is 0 Å². The molecule has 7 heteroatoms. The number of nitrogens with one attached hydrogen (secondary N) is 1. The van der Waals surface area contributed by atoms with Gasteiger partial charge in [0.05, 0.1) is 6.33 Å². The highest BCUT2D eigenvalue weighted by molar-refractivity contribution is 7.89. The second-order valence-corrected chi connectivity index (χ2v) is 6.50. The zero-order chi connectivity index (χ0) is 14.5. The molecule has 1 aromatic rings. The van der Waals surface area contributed by atoms with E-state index in [-0.39, 0.29) is 10.8 Å². The molecule has 0 spiro atoms. The Morgan fingerprint density at radius 2 is 2.16 bits per heavy atom. The summed E-state index contributed by atoms with van der Waals surface area (Å²) >= 11 is 0. The third-order valence-electron chi connectivity index (χ3n) is 3.27. The molecule has 0 saturated heterocycles. The van der Waals surface area contributed by atoms with E-state index in [0.717, 1.165) is 25.7 Å². The first-order valence-corrected chi connectivity index (χ1v) is 8.17. The number of anilines is 1. The van der Waals surface area contributed by atoms with Crippen molar-refractivity contribution in [2.45, 2.75) is 44.6 Å². The highest BCUT2D eigenvalue weighted by atomic mass is 32.2. The Morgan fingerprint density at radius 3 is 2.63 bits per heavy atom. The number of rotatable bonds is 8. The Morgan fingerprint density at radius 1 is 1.47 bits per heavy atom. The molecular weight excluding hydrogens is 264 g/mol. The van der Waals surface area contributed by atoms with E-state index in [9.17, 15) is 8.42 Å². The van der Waals surface area contributed by atoms with Crippen molar-refractivity contribution in [3.05, 3.63) is 6.33 Å². The molecule has 1 rings (SSSR count). The van der Waals surface area contributed by atoms with E-state index in [1.165, 1.54) is 10.9 Å². The topological polar surface area (TPSA) is 90.0 Å². The quantitative estimate of drug-likeness (QED) is 0.758. The Hall–Kier alpha value is -1.08. The van der Waals surface area contributed by atoms with Crippen LogP contribution in [0.25, 0.3) is 0 Å². The highest BCUT2D eigenvalue weighted by Crippen LogP contribution is 2.17. The first-order chi connectivity index (χ1) is 8.92. The number of aromatic nitrogens is 2. The number of unbranched alkanes of at least 4 members (excludes halogenated alkanes) is 1. The lowest BCUT2D eigenvalue weighted by Crippen LogP contribution is -2.31. The largest absolute Gasteiger partial charge is 0.381 e. The predicted molar refractivity (Wildman–Crippen MR) is 76.1 cm³/mol. The summed E-state index contributed by atoms with van der Waals surface area (Å²) in [6.07, 6.45) is 5.64. The molecule has 1 aromatic heterocycles. The Labute approximate surface area is 115 Å². The fourth-order valence-electron chi connectivity index (χ4n) is 2.00. The van der Waals surface area contributed by atoms with Gasteiger partial charge in [-0.25, -0.2) is 18.1 Å². The van der Waals surface area contributed by atoms with Gasteiger partial charge in [-0.1, -0.05) is 33.1 Å². The first kappa shape index (κ1) is 16.0. The normalized spacial score (nSPS) is 13.6. The van der Waals surface area contributed by atoms with Gasteiger partial charge in [0.15, 0.2) is 10.8 Å². The van der Waals surface area contributed by atoms with Crippen molar-refractivity contribution < 1.29 is 8.42 Å². The maximum Gasteiger partial charge on any atom is 0.260 e. The van der Waals surface area contributed by atoms with Crippen LogP contribution in [0.3, 0.4) is 0 Å². The smallest absolute Gasteiger partial charge is 0.260 e. The van der Waals surface area contributed by atoms with Gasteiger partial charge >= 0.3 is 0 Å². The minimum atomic E-state index is -3.58. The van der Waals surface area contributed by atoms with Crippen LogP contribution in [0.4, 0.5) is 5.82 Å². The van der Waals surface area contributed by atoms with Crippen molar-refractivity contribution in [3.8, 4) is 0 Å². The summed E-state index contributed by atoms with van der Waals surface area (Å²) in [5, 5.41) is 0.0397. The summed E-state index contributed by atoms with van der Waals surface area (Å²) in [7, 11) is -1.97. The minimum absolute atomic E-state index is 0.0385. The van der Waals surface area contributed by atoms with Gasteiger partial charge in [-0.2, -0.15) is 0 Å². The van der Waals surface area contributed by atoms with Crippen molar-refractivity contribution in [2.24, 2.45) is 13.0 Å². The predicted octanol–water partition coefficient (Wildman–Crippen LogP) is 1.50. The second-order valence-electron chi connectivity index (χ2n) is 4.81. The van der Waals surface area contributed by atoms with Gasteiger partial charge in [0.2, 0.25) is 0 Å². The van der Waals surface area contributed by atoms with Gasteiger partial charge in [-0.3, -0.25) is 0 Å². The maximum absolute atomic E-state index is 12.2. The molecule has 0 amide bonds. The Bertz CT molecular complexity index is 476. The van der Waals surface area contributed by atoms with Gasteiger partial charge < -0.3 is 10.3 Å². The minimum Gasteiger partial charge on any atom is -0.381 e. The fourth-order valence-corrected chi connectivity index (χ4v) is 3.35. The molecule has 3 N–H and O–H groups in total. The van der Waals surface area contributed by atoms with Crippen molar-refractivity contribution in [1.82, 2.24) is 14.3 Å². The summed E-state index contributed by atoms with van der Waals surface area (Å²) in [5.74, 6) is 0.404. The third kappa shape index (κ3) is 4.21. The van der Waals surface area contributed by atoms with E-state index in [0.29, 0.717) is 12.5 Å². The average molecular weight is 288 g/mol. The van der Waals surface area contributed by atoms with Gasteiger partial charge in [-0.05, 0) is 12.3 Å². The summed E-state index contributed by atoms with van der Waals surface area (Å²) < 4.78 is 28.4. The van der Waals surface area contributed by atoms with E-state index in [1.807, 2.05) is 0 Å². The maximum atomic E-state index is 12.2. The number of aryl methyl sites for hydroxylation is 1. The van der Waals surface area contributed by atoms with Gasteiger partial charge in [0.25, 0.3) is 10.0 Å². The molecule has 1 unspecified atom stereocenters. The molecule has 0 aromatic carbocycles. The van der Waals surface area contributed by atoms with E-state index in [2.05, 4.69) is 23.6 Å². The van der Waals surface area contributed by atoms with E-state index in [1.54, 1.807) is 7.05 Å². The number of imidazole rings is 1. The van der Waals surface area contributed by atoms with Crippen LogP contribution >= 0.6 is 0 Å². The van der Waals surface area contributed by atoms with Crippen molar-refractivity contribution in [1.29, 1.82) is 0 Å². The molecular formula is C12H24N4O2S. The molecule has 110 valence electrons. The summed E-state index contributed by atoms with van der Waals surface area (Å²) in [6, 6.07) is 0. The molecule has 1 atom stereocenters. The number of hydrogen-bond donors (Lipinski definition) is 2. The fraction of sp³-hybridized carbons (Fsp3) is 0.750. The molecule has 0 aliphatic heterocycles. The van der Waals surface area contributed by atoms with Gasteiger partial charge in [-0.15, -0.1) is 0 Å². The third-order valence-corrected chi connectivity index (χ3v) is 4.82. The summed E-state index contributed by atoms with van der Waals surface area (Å²) in [4.78, 5) is 3.80. The molecule has 0 aliphatic carbocycles. The van der Waals surface area contributed by atoms with Crippen molar-refractivity contribution in [3.63, 3.8) is 0 Å². The summed E-state index contributed by atoms with van der Waals surface area (Å²) in [5.41, 5.74) is 5.60. The summed E-state index contributed by atoms with van der Waals surface area (Å²) in [6.45, 7) is 4.66. The van der Waals surface area contributed by atoms with Crippen LogP contribution < -0.4 is 10.5 Å². The standard InChI is InChI=1S/C12H24N4O2S/c1-4-6-7-10(5-2)8-15-19(17,18)12-11(13)14-9-16(12)3/h9-10,15H,4-8,13H2,1-3H3. The average Bonchev–Trinajstić information content (AvgIpc) is 2.70. The molecule has 0 saturated carbocycles. The van der Waals surface area contributed by atoms with Crippen LogP contribution in [0.1, 0.15) is 39.5 Å². The monoisotopic (exact) mass is 288 g/mol. The molecule has 1 heterocycles. The second kappa shape index (κ2) is 6.91. The van der Waals surface area contributed by atoms with Crippen LogP contribution in [0.5, 0.6) is 0 Å². The van der Waals surface area contributed by atoms with Crippen LogP contribution in [-0.4, -0.2) is 24.5 Å². The Kier molecular flexibility index (Phi) is 5.81. The zero-order valence-electron chi connectivity index (χ0n) is 11.9. The van der Waals surface area contributed by atoms with Gasteiger partial charge in [0, 0.05) is 13.6 Å². The van der Waals surface area contributed by atoms with Crippen molar-refractivity contribution >= 4 is 15.8 Å². The molecule has 6 nitrogen and oxygen atoms in total. The van der Waals surface area contributed by atoms with Crippen LogP contribution in [0.15, 0.2) is 11.4 Å². The molecule has 0 bridgehead atoms. The van der Waals surface area contributed by atoms with E-state index >= 15 is 0 Å².